The van der Waals surface area contributed by atoms with Crippen LogP contribution in [0.4, 0.5) is 5.69 Å². The highest BCUT2D eigenvalue weighted by Crippen LogP contribution is 2.40. The fourth-order valence-electron chi connectivity index (χ4n) is 6.26. The summed E-state index contributed by atoms with van der Waals surface area (Å²) < 4.78 is 0. The summed E-state index contributed by atoms with van der Waals surface area (Å²) in [6, 6.07) is 14.8. The summed E-state index contributed by atoms with van der Waals surface area (Å²) in [7, 11) is 0. The number of aliphatic imine (C=N–C) groups is 1. The molecule has 0 bridgehead atoms. The SMILES string of the molecule is CCCCC1=NC2(CCCC2)C(=O)N1Cc1ccc(-c2cc(N3CCC(C)CC3)ccc2/C(N)=N/NN)cc1. The molecule has 1 spiro atoms. The number of benzene rings is 2. The molecule has 2 fully saturated rings. The molecule has 39 heavy (non-hydrogen) atoms. The van der Waals surface area contributed by atoms with Crippen LogP contribution in [0.1, 0.15) is 82.8 Å². The number of nitrogens with zero attached hydrogens (tertiary/aromatic N) is 4. The average Bonchev–Trinajstić information content (AvgIpc) is 3.53. The molecule has 208 valence electrons. The van der Waals surface area contributed by atoms with E-state index in [0.717, 1.165) is 92.0 Å². The van der Waals surface area contributed by atoms with Crippen LogP contribution in [-0.4, -0.2) is 41.1 Å². The quantitative estimate of drug-likeness (QED) is 0.185. The topological polar surface area (TPSA) is 112 Å². The van der Waals surface area contributed by atoms with Gasteiger partial charge >= 0.3 is 0 Å². The van der Waals surface area contributed by atoms with Crippen LogP contribution in [0.25, 0.3) is 11.1 Å². The Morgan fingerprint density at radius 1 is 1.13 bits per heavy atom. The molecule has 1 saturated heterocycles. The van der Waals surface area contributed by atoms with Crippen molar-refractivity contribution in [1.29, 1.82) is 0 Å². The van der Waals surface area contributed by atoms with Crippen molar-refractivity contribution in [3.05, 3.63) is 53.6 Å². The van der Waals surface area contributed by atoms with E-state index in [0.29, 0.717) is 12.4 Å². The molecule has 8 nitrogen and oxygen atoms in total. The highest BCUT2D eigenvalue weighted by Gasteiger charge is 2.49. The van der Waals surface area contributed by atoms with Gasteiger partial charge in [-0.2, -0.15) is 0 Å². The number of nitrogens with one attached hydrogen (secondary N) is 1. The number of carbonyl (C=O) groups is 1. The number of piperidine rings is 1. The van der Waals surface area contributed by atoms with Crippen molar-refractivity contribution in [3.63, 3.8) is 0 Å². The van der Waals surface area contributed by atoms with E-state index in [1.165, 1.54) is 18.5 Å². The van der Waals surface area contributed by atoms with Gasteiger partial charge in [0, 0.05) is 30.8 Å². The minimum absolute atomic E-state index is 0.194. The molecule has 3 aliphatic rings. The molecule has 0 unspecified atom stereocenters. The molecule has 1 saturated carbocycles. The number of nitrogens with two attached hydrogens (primary N) is 2. The molecule has 2 aliphatic heterocycles. The van der Waals surface area contributed by atoms with E-state index >= 15 is 0 Å². The molecule has 8 heteroatoms. The molecule has 0 atom stereocenters. The molecule has 1 amide bonds. The highest BCUT2D eigenvalue weighted by atomic mass is 16.2. The van der Waals surface area contributed by atoms with Crippen molar-refractivity contribution >= 4 is 23.3 Å². The van der Waals surface area contributed by atoms with E-state index in [9.17, 15) is 4.79 Å². The Morgan fingerprint density at radius 2 is 1.85 bits per heavy atom. The van der Waals surface area contributed by atoms with E-state index in [1.807, 2.05) is 11.0 Å². The largest absolute Gasteiger partial charge is 0.382 e. The van der Waals surface area contributed by atoms with E-state index < -0.39 is 5.54 Å². The number of amides is 1. The number of anilines is 1. The molecule has 0 aromatic heterocycles. The van der Waals surface area contributed by atoms with Crippen LogP contribution in [-0.2, 0) is 11.3 Å². The monoisotopic (exact) mass is 529 g/mol. The van der Waals surface area contributed by atoms with Crippen LogP contribution in [0.5, 0.6) is 0 Å². The van der Waals surface area contributed by atoms with Gasteiger partial charge in [-0.1, -0.05) is 57.4 Å². The Hall–Kier alpha value is -3.39. The van der Waals surface area contributed by atoms with Gasteiger partial charge < -0.3 is 10.6 Å². The van der Waals surface area contributed by atoms with Crippen LogP contribution < -0.4 is 22.0 Å². The third-order valence-corrected chi connectivity index (χ3v) is 8.70. The van der Waals surface area contributed by atoms with Crippen LogP contribution in [0.15, 0.2) is 52.6 Å². The average molecular weight is 530 g/mol. The van der Waals surface area contributed by atoms with E-state index in [4.69, 9.17) is 16.6 Å². The Morgan fingerprint density at radius 3 is 2.51 bits per heavy atom. The standard InChI is InChI=1S/C31H43N7O/c1-3-4-7-28-34-31(16-5-6-17-31)30(39)38(28)21-23-8-10-24(11-9-23)27-20-25(37-18-14-22(2)15-19-37)12-13-26(27)29(32)35-36-33/h8-13,20,22,36H,3-7,14-19,21,33H2,1-2H3,(H2,32,35). The van der Waals surface area contributed by atoms with Crippen LogP contribution in [0.2, 0.25) is 0 Å². The lowest BCUT2D eigenvalue weighted by Gasteiger charge is -2.32. The maximum atomic E-state index is 13.5. The fraction of sp³-hybridized carbons (Fsp3) is 0.516. The molecule has 1 aliphatic carbocycles. The maximum absolute atomic E-state index is 13.5. The second kappa shape index (κ2) is 11.8. The van der Waals surface area contributed by atoms with Gasteiger partial charge in [0.25, 0.3) is 5.91 Å². The number of rotatable bonds is 9. The molecular weight excluding hydrogens is 486 g/mol. The van der Waals surface area contributed by atoms with Gasteiger partial charge in [0.05, 0.1) is 6.54 Å². The summed E-state index contributed by atoms with van der Waals surface area (Å²) in [6.07, 6.45) is 9.34. The van der Waals surface area contributed by atoms with E-state index in [1.54, 1.807) is 0 Å². The third kappa shape index (κ3) is 5.66. The molecular formula is C31H43N7O. The van der Waals surface area contributed by atoms with E-state index in [-0.39, 0.29) is 5.91 Å². The summed E-state index contributed by atoms with van der Waals surface area (Å²) >= 11 is 0. The number of amidine groups is 2. The lowest BCUT2D eigenvalue weighted by molar-refractivity contribution is -0.131. The fourth-order valence-corrected chi connectivity index (χ4v) is 6.26. The summed E-state index contributed by atoms with van der Waals surface area (Å²) in [5.74, 6) is 7.72. The van der Waals surface area contributed by atoms with Crippen LogP contribution in [0.3, 0.4) is 0 Å². The zero-order chi connectivity index (χ0) is 27.4. The predicted molar refractivity (Wildman–Crippen MR) is 159 cm³/mol. The Labute approximate surface area is 232 Å². The van der Waals surface area contributed by atoms with Gasteiger partial charge in [-0.25, -0.2) is 11.4 Å². The van der Waals surface area contributed by atoms with E-state index in [2.05, 4.69) is 65.8 Å². The second-order valence-corrected chi connectivity index (χ2v) is 11.5. The van der Waals surface area contributed by atoms with Gasteiger partial charge in [0.1, 0.15) is 11.4 Å². The zero-order valence-corrected chi connectivity index (χ0v) is 23.5. The molecule has 2 aromatic carbocycles. The van der Waals surface area contributed by atoms with Crippen molar-refractivity contribution in [1.82, 2.24) is 10.4 Å². The van der Waals surface area contributed by atoms with Crippen LogP contribution >= 0.6 is 0 Å². The number of hydrazone groups is 1. The summed E-state index contributed by atoms with van der Waals surface area (Å²) in [5, 5.41) is 4.05. The number of hydrogen-bond acceptors (Lipinski definition) is 6. The third-order valence-electron chi connectivity index (χ3n) is 8.70. The highest BCUT2D eigenvalue weighted by molar-refractivity contribution is 6.08. The van der Waals surface area contributed by atoms with Gasteiger partial charge in [0.15, 0.2) is 5.84 Å². The minimum Gasteiger partial charge on any atom is -0.382 e. The first kappa shape index (κ1) is 27.2. The second-order valence-electron chi connectivity index (χ2n) is 11.5. The summed E-state index contributed by atoms with van der Waals surface area (Å²) in [5.41, 5.74) is 13.3. The Bertz CT molecular complexity index is 1220. The first-order valence-corrected chi connectivity index (χ1v) is 14.6. The molecule has 2 aromatic rings. The molecule has 2 heterocycles. The number of hydrazine groups is 1. The normalized spacial score (nSPS) is 19.7. The number of carbonyl (C=O) groups excluding carboxylic acids is 1. The minimum atomic E-state index is -0.501. The Balaban J connectivity index is 1.40. The number of hydrogen-bond donors (Lipinski definition) is 3. The number of unbranched alkanes of at least 4 members (excludes halogenated alkanes) is 1. The van der Waals surface area contributed by atoms with Crippen molar-refractivity contribution in [2.45, 2.75) is 83.7 Å². The van der Waals surface area contributed by atoms with Crippen LogP contribution in [0, 0.1) is 5.92 Å². The summed E-state index contributed by atoms with van der Waals surface area (Å²) in [6.45, 7) is 7.18. The molecule has 0 radical (unpaired) electrons. The van der Waals surface area contributed by atoms with Crippen molar-refractivity contribution < 1.29 is 4.79 Å². The maximum Gasteiger partial charge on any atom is 0.256 e. The van der Waals surface area contributed by atoms with Crippen molar-refractivity contribution in [2.75, 3.05) is 18.0 Å². The lowest BCUT2D eigenvalue weighted by atomic mass is 9.95. The first-order chi connectivity index (χ1) is 18.9. The van der Waals surface area contributed by atoms with Gasteiger partial charge in [-0.3, -0.25) is 14.7 Å². The predicted octanol–water partition coefficient (Wildman–Crippen LogP) is 4.92. The zero-order valence-electron chi connectivity index (χ0n) is 23.5. The molecule has 5 N–H and O–H groups in total. The summed E-state index contributed by atoms with van der Waals surface area (Å²) in [4.78, 5) is 23.0. The smallest absolute Gasteiger partial charge is 0.256 e. The van der Waals surface area contributed by atoms with Gasteiger partial charge in [-0.15, -0.1) is 5.10 Å². The van der Waals surface area contributed by atoms with Crippen molar-refractivity contribution in [3.8, 4) is 11.1 Å². The Kier molecular flexibility index (Phi) is 8.21. The first-order valence-electron chi connectivity index (χ1n) is 14.6. The van der Waals surface area contributed by atoms with Gasteiger partial charge in [0.2, 0.25) is 0 Å². The molecule has 5 rings (SSSR count). The lowest BCUT2D eigenvalue weighted by Crippen LogP contribution is -2.40. The van der Waals surface area contributed by atoms with Crippen molar-refractivity contribution in [2.24, 2.45) is 27.6 Å². The van der Waals surface area contributed by atoms with Gasteiger partial charge in [-0.05, 0) is 72.9 Å².